The molecule has 0 saturated carbocycles. The Balaban J connectivity index is 1.94. The van der Waals surface area contributed by atoms with Crippen molar-refractivity contribution in [2.75, 3.05) is 32.1 Å². The van der Waals surface area contributed by atoms with Crippen LogP contribution in [0.25, 0.3) is 10.2 Å². The zero-order valence-corrected chi connectivity index (χ0v) is 18.6. The lowest BCUT2D eigenvalue weighted by Gasteiger charge is -2.22. The van der Waals surface area contributed by atoms with E-state index >= 15 is 0 Å². The molecule has 0 aliphatic rings. The number of halogens is 1. The highest BCUT2D eigenvalue weighted by Gasteiger charge is 2.21. The van der Waals surface area contributed by atoms with Crippen LogP contribution in [-0.4, -0.2) is 43.0 Å². The maximum Gasteiger partial charge on any atom is 0.233 e. The fourth-order valence-electron chi connectivity index (χ4n) is 3.19. The van der Waals surface area contributed by atoms with Crippen LogP contribution in [0.4, 0.5) is 5.13 Å². The van der Waals surface area contributed by atoms with Crippen molar-refractivity contribution in [2.24, 2.45) is 0 Å². The Morgan fingerprint density at radius 1 is 1.07 bits per heavy atom. The van der Waals surface area contributed by atoms with Crippen molar-refractivity contribution in [3.63, 3.8) is 0 Å². The van der Waals surface area contributed by atoms with Crippen molar-refractivity contribution >= 4 is 44.2 Å². The highest BCUT2D eigenvalue weighted by atomic mass is 35.5. The fraction of sp³-hybridized carbons (Fsp3) is 0.364. The molecule has 0 spiro atoms. The second-order valence-electron chi connectivity index (χ2n) is 7.52. The van der Waals surface area contributed by atoms with E-state index in [2.05, 4.69) is 36.9 Å². The molecule has 0 aliphatic carbocycles. The van der Waals surface area contributed by atoms with Crippen molar-refractivity contribution in [1.82, 2.24) is 9.88 Å². The highest BCUT2D eigenvalue weighted by Crippen LogP contribution is 2.33. The first-order valence-electron chi connectivity index (χ1n) is 9.32. The van der Waals surface area contributed by atoms with Crippen molar-refractivity contribution in [1.29, 1.82) is 0 Å². The third-order valence-electron chi connectivity index (χ3n) is 4.78. The molecule has 0 N–H and O–H groups in total. The van der Waals surface area contributed by atoms with Crippen LogP contribution in [0.15, 0.2) is 30.3 Å². The number of aromatic nitrogens is 1. The molecule has 4 nitrogen and oxygen atoms in total. The first-order valence-corrected chi connectivity index (χ1v) is 10.5. The second kappa shape index (κ2) is 8.60. The summed E-state index contributed by atoms with van der Waals surface area (Å²) < 4.78 is 1.01. The van der Waals surface area contributed by atoms with E-state index in [0.717, 1.165) is 38.6 Å². The summed E-state index contributed by atoms with van der Waals surface area (Å²) in [6, 6.07) is 10.1. The number of fused-ring (bicyclic) bond motifs is 1. The monoisotopic (exact) mass is 415 g/mol. The second-order valence-corrected chi connectivity index (χ2v) is 8.97. The van der Waals surface area contributed by atoms with Crippen LogP contribution in [0, 0.1) is 20.8 Å². The summed E-state index contributed by atoms with van der Waals surface area (Å²) in [7, 11) is 4.02. The van der Waals surface area contributed by atoms with Crippen molar-refractivity contribution in [2.45, 2.75) is 27.2 Å². The summed E-state index contributed by atoms with van der Waals surface area (Å²) in [5.74, 6) is 0.0663. The number of benzene rings is 2. The molecule has 0 unspecified atom stereocenters. The molecule has 1 heterocycles. The predicted molar refractivity (Wildman–Crippen MR) is 120 cm³/mol. The number of aryl methyl sites for hydroxylation is 3. The van der Waals surface area contributed by atoms with Gasteiger partial charge >= 0.3 is 0 Å². The average molecular weight is 416 g/mol. The third kappa shape index (κ3) is 4.72. The molecule has 0 bridgehead atoms. The molecule has 0 aliphatic heterocycles. The smallest absolute Gasteiger partial charge is 0.233 e. The topological polar surface area (TPSA) is 36.4 Å². The molecule has 1 amide bonds. The number of hydrogen-bond acceptors (Lipinski definition) is 4. The lowest BCUT2D eigenvalue weighted by molar-refractivity contribution is -0.118. The summed E-state index contributed by atoms with van der Waals surface area (Å²) >= 11 is 7.73. The normalized spacial score (nSPS) is 11.4. The highest BCUT2D eigenvalue weighted by molar-refractivity contribution is 7.22. The van der Waals surface area contributed by atoms with E-state index in [-0.39, 0.29) is 5.91 Å². The average Bonchev–Trinajstić information content (AvgIpc) is 3.01. The van der Waals surface area contributed by atoms with Crippen LogP contribution in [-0.2, 0) is 11.2 Å². The van der Waals surface area contributed by atoms with Gasteiger partial charge in [0.1, 0.15) is 0 Å². The number of amides is 1. The minimum Gasteiger partial charge on any atom is -0.308 e. The predicted octanol–water partition coefficient (Wildman–Crippen LogP) is 5.01. The standard InChI is InChI=1S/C22H26ClN3OS/c1-14-6-7-17(15(2)10-14)12-20(27)26(9-8-25(4)5)22-24-21-16(3)11-18(23)13-19(21)28-22/h6-7,10-11,13H,8-9,12H2,1-5H3. The molecule has 1 aromatic heterocycles. The Morgan fingerprint density at radius 3 is 2.50 bits per heavy atom. The summed E-state index contributed by atoms with van der Waals surface area (Å²) in [5.41, 5.74) is 5.35. The number of anilines is 1. The Morgan fingerprint density at radius 2 is 1.82 bits per heavy atom. The Hall–Kier alpha value is -1.95. The van der Waals surface area contributed by atoms with Gasteiger partial charge in [-0.1, -0.05) is 46.7 Å². The molecule has 6 heteroatoms. The largest absolute Gasteiger partial charge is 0.308 e. The van der Waals surface area contributed by atoms with Crippen LogP contribution in [0.2, 0.25) is 5.02 Å². The molecule has 3 rings (SSSR count). The summed E-state index contributed by atoms with van der Waals surface area (Å²) in [6.45, 7) is 7.50. The maximum atomic E-state index is 13.2. The van der Waals surface area contributed by atoms with Gasteiger partial charge in [0.25, 0.3) is 0 Å². The number of thiazole rings is 1. The Labute approximate surface area is 175 Å². The minimum atomic E-state index is 0.0663. The Kier molecular flexibility index (Phi) is 6.38. The summed E-state index contributed by atoms with van der Waals surface area (Å²) in [5, 5.41) is 1.43. The molecular formula is C22H26ClN3OS. The van der Waals surface area contributed by atoms with Gasteiger partial charge in [-0.15, -0.1) is 0 Å². The van der Waals surface area contributed by atoms with Gasteiger partial charge in [0.15, 0.2) is 5.13 Å². The molecule has 0 atom stereocenters. The van der Waals surface area contributed by atoms with Gasteiger partial charge in [-0.2, -0.15) is 0 Å². The van der Waals surface area contributed by atoms with Crippen molar-refractivity contribution < 1.29 is 4.79 Å². The van der Waals surface area contributed by atoms with Gasteiger partial charge < -0.3 is 4.90 Å². The molecule has 2 aromatic carbocycles. The lowest BCUT2D eigenvalue weighted by Crippen LogP contribution is -2.37. The van der Waals surface area contributed by atoms with E-state index in [4.69, 9.17) is 16.6 Å². The molecule has 3 aromatic rings. The third-order valence-corrected chi connectivity index (χ3v) is 6.03. The lowest BCUT2D eigenvalue weighted by atomic mass is 10.0. The first kappa shape index (κ1) is 20.8. The number of rotatable bonds is 6. The number of hydrogen-bond donors (Lipinski definition) is 0. The minimum absolute atomic E-state index is 0.0663. The summed E-state index contributed by atoms with van der Waals surface area (Å²) in [6.07, 6.45) is 0.370. The van der Waals surface area contributed by atoms with E-state index < -0.39 is 0 Å². The van der Waals surface area contributed by atoms with Gasteiger partial charge in [0, 0.05) is 18.1 Å². The molecular weight excluding hydrogens is 390 g/mol. The van der Waals surface area contributed by atoms with Crippen molar-refractivity contribution in [3.05, 3.63) is 57.6 Å². The molecule has 0 saturated heterocycles. The SMILES string of the molecule is Cc1ccc(CC(=O)N(CCN(C)C)c2nc3c(C)cc(Cl)cc3s2)c(C)c1. The van der Waals surface area contributed by atoms with Gasteiger partial charge in [0.2, 0.25) is 5.91 Å². The fourth-order valence-corrected chi connectivity index (χ4v) is 4.65. The van der Waals surface area contributed by atoms with Crippen LogP contribution in [0.1, 0.15) is 22.3 Å². The van der Waals surface area contributed by atoms with Gasteiger partial charge in [0.05, 0.1) is 16.6 Å². The number of likely N-dealkylation sites (N-methyl/N-ethyl adjacent to an activating group) is 1. The zero-order chi connectivity index (χ0) is 20.4. The maximum absolute atomic E-state index is 13.2. The van der Waals surface area contributed by atoms with Crippen LogP contribution in [0.3, 0.4) is 0 Å². The first-order chi connectivity index (χ1) is 13.2. The Bertz CT molecular complexity index is 1010. The van der Waals surface area contributed by atoms with Crippen LogP contribution < -0.4 is 4.90 Å². The van der Waals surface area contributed by atoms with E-state index in [0.29, 0.717) is 18.0 Å². The van der Waals surface area contributed by atoms with Gasteiger partial charge in [-0.3, -0.25) is 9.69 Å². The van der Waals surface area contributed by atoms with E-state index in [1.165, 1.54) is 16.9 Å². The van der Waals surface area contributed by atoms with Crippen molar-refractivity contribution in [3.8, 4) is 0 Å². The molecule has 28 heavy (non-hydrogen) atoms. The van der Waals surface area contributed by atoms with E-state index in [1.54, 1.807) is 0 Å². The van der Waals surface area contributed by atoms with E-state index in [9.17, 15) is 4.79 Å². The van der Waals surface area contributed by atoms with Gasteiger partial charge in [-0.05, 0) is 63.7 Å². The van der Waals surface area contributed by atoms with Gasteiger partial charge in [-0.25, -0.2) is 4.98 Å². The van der Waals surface area contributed by atoms with Crippen LogP contribution in [0.5, 0.6) is 0 Å². The summed E-state index contributed by atoms with van der Waals surface area (Å²) in [4.78, 5) is 21.9. The van der Waals surface area contributed by atoms with E-state index in [1.807, 2.05) is 38.1 Å². The number of carbonyl (C=O) groups excluding carboxylic acids is 1. The van der Waals surface area contributed by atoms with Crippen LogP contribution >= 0.6 is 22.9 Å². The number of carbonyl (C=O) groups is 1. The number of nitrogens with zero attached hydrogens (tertiary/aromatic N) is 3. The molecule has 148 valence electrons. The quantitative estimate of drug-likeness (QED) is 0.567. The molecule has 0 fully saturated rings. The zero-order valence-electron chi connectivity index (χ0n) is 17.0. The molecule has 0 radical (unpaired) electrons.